The first-order valence-electron chi connectivity index (χ1n) is 10.7. The van der Waals surface area contributed by atoms with Crippen LogP contribution in [0.1, 0.15) is 28.6 Å². The molecule has 6 rings (SSSR count). The Morgan fingerprint density at radius 2 is 1.94 bits per heavy atom. The Balaban J connectivity index is 1.67. The molecule has 0 saturated carbocycles. The predicted molar refractivity (Wildman–Crippen MR) is 125 cm³/mol. The number of ketones is 2. The maximum atomic E-state index is 14.0. The molecule has 1 amide bonds. The minimum atomic E-state index is -1.30. The van der Waals surface area contributed by atoms with Crippen LogP contribution in [0.3, 0.4) is 0 Å². The molecule has 4 heterocycles. The summed E-state index contributed by atoms with van der Waals surface area (Å²) in [6.45, 7) is 1.47. The van der Waals surface area contributed by atoms with E-state index in [2.05, 4.69) is 5.32 Å². The third kappa shape index (κ3) is 2.52. The minimum Gasteiger partial charge on any atom is -0.461 e. The Morgan fingerprint density at radius 1 is 1.12 bits per heavy atom. The number of carbonyl (C=O) groups excluding carboxylic acids is 3. The fourth-order valence-electron chi connectivity index (χ4n) is 5.88. The van der Waals surface area contributed by atoms with Crippen LogP contribution in [0, 0.1) is 5.92 Å². The molecule has 3 aromatic rings. The maximum Gasteiger partial charge on any atom is 0.238 e. The lowest BCUT2D eigenvalue weighted by Gasteiger charge is -2.37. The lowest BCUT2D eigenvalue weighted by atomic mass is 9.65. The molecule has 0 bridgehead atoms. The fraction of sp³-hybridized carbons (Fsp3) is 0.192. The number of anilines is 2. The van der Waals surface area contributed by atoms with Crippen LogP contribution in [-0.4, -0.2) is 29.6 Å². The van der Waals surface area contributed by atoms with E-state index in [9.17, 15) is 14.4 Å². The quantitative estimate of drug-likeness (QED) is 0.585. The molecule has 33 heavy (non-hydrogen) atoms. The van der Waals surface area contributed by atoms with Crippen molar-refractivity contribution >= 4 is 46.5 Å². The summed E-state index contributed by atoms with van der Waals surface area (Å²) in [5.41, 5.74) is 1.65. The topological polar surface area (TPSA) is 79.6 Å². The molecule has 1 fully saturated rings. The normalized spacial score (nSPS) is 26.7. The Hall–Kier alpha value is -3.64. The van der Waals surface area contributed by atoms with Gasteiger partial charge in [-0.3, -0.25) is 14.4 Å². The number of fused-ring (bicyclic) bond motifs is 6. The lowest BCUT2D eigenvalue weighted by molar-refractivity contribution is -0.122. The second-order valence-corrected chi connectivity index (χ2v) is 9.09. The van der Waals surface area contributed by atoms with Gasteiger partial charge >= 0.3 is 0 Å². The van der Waals surface area contributed by atoms with Crippen LogP contribution in [0.4, 0.5) is 11.4 Å². The highest BCUT2D eigenvalue weighted by molar-refractivity contribution is 6.31. The smallest absolute Gasteiger partial charge is 0.238 e. The number of benzene rings is 2. The van der Waals surface area contributed by atoms with Gasteiger partial charge in [0.15, 0.2) is 11.5 Å². The molecule has 6 nitrogen and oxygen atoms in total. The van der Waals surface area contributed by atoms with Crippen LogP contribution in [0.5, 0.6) is 0 Å². The summed E-state index contributed by atoms with van der Waals surface area (Å²) in [6.07, 6.45) is 5.24. The number of hydrogen-bond donors (Lipinski definition) is 1. The number of hydrogen-bond acceptors (Lipinski definition) is 5. The number of rotatable bonds is 3. The molecule has 0 radical (unpaired) electrons. The summed E-state index contributed by atoms with van der Waals surface area (Å²) in [6, 6.07) is 14.6. The second kappa shape index (κ2) is 6.93. The van der Waals surface area contributed by atoms with Gasteiger partial charge in [-0.2, -0.15) is 0 Å². The van der Waals surface area contributed by atoms with Gasteiger partial charge in [0.25, 0.3) is 0 Å². The molecule has 1 N–H and O–H groups in total. The van der Waals surface area contributed by atoms with Crippen molar-refractivity contribution in [2.45, 2.75) is 24.4 Å². The number of nitrogens with zero attached hydrogens (tertiary/aromatic N) is 1. The zero-order valence-corrected chi connectivity index (χ0v) is 18.4. The molecular weight excluding hydrogens is 440 g/mol. The summed E-state index contributed by atoms with van der Waals surface area (Å²) in [4.78, 5) is 42.9. The van der Waals surface area contributed by atoms with Crippen molar-refractivity contribution in [1.82, 2.24) is 0 Å². The van der Waals surface area contributed by atoms with Crippen LogP contribution in [0.2, 0.25) is 5.02 Å². The summed E-state index contributed by atoms with van der Waals surface area (Å²) < 4.78 is 5.45. The number of Topliss-reactive ketones (excluding diaryl/α,β-unsaturated/α-hetero) is 2. The predicted octanol–water partition coefficient (Wildman–Crippen LogP) is 4.50. The molecule has 164 valence electrons. The molecule has 7 heteroatoms. The van der Waals surface area contributed by atoms with Crippen molar-refractivity contribution in [3.63, 3.8) is 0 Å². The molecule has 3 aliphatic heterocycles. The average molecular weight is 459 g/mol. The Bertz CT molecular complexity index is 1360. The van der Waals surface area contributed by atoms with E-state index in [1.807, 2.05) is 53.5 Å². The third-order valence-electron chi connectivity index (χ3n) is 7.06. The van der Waals surface area contributed by atoms with E-state index < -0.39 is 23.4 Å². The molecule has 2 aromatic carbocycles. The summed E-state index contributed by atoms with van der Waals surface area (Å²) in [7, 11) is 0. The van der Waals surface area contributed by atoms with E-state index in [0.29, 0.717) is 16.3 Å². The van der Waals surface area contributed by atoms with E-state index >= 15 is 0 Å². The fourth-order valence-corrected chi connectivity index (χ4v) is 6.06. The van der Waals surface area contributed by atoms with Gasteiger partial charge in [-0.1, -0.05) is 42.0 Å². The molecule has 0 unspecified atom stereocenters. The number of para-hydroxylation sites is 1. The number of furan rings is 1. The maximum absolute atomic E-state index is 14.0. The van der Waals surface area contributed by atoms with E-state index in [4.69, 9.17) is 16.0 Å². The van der Waals surface area contributed by atoms with Crippen LogP contribution in [-0.2, 0) is 15.0 Å². The van der Waals surface area contributed by atoms with Gasteiger partial charge in [0, 0.05) is 16.4 Å². The highest BCUT2D eigenvalue weighted by Crippen LogP contribution is 2.57. The highest BCUT2D eigenvalue weighted by atomic mass is 35.5. The lowest BCUT2D eigenvalue weighted by Crippen LogP contribution is -2.51. The number of amides is 1. The molecule has 4 atom stereocenters. The first-order chi connectivity index (χ1) is 15.9. The zero-order valence-electron chi connectivity index (χ0n) is 17.6. The Morgan fingerprint density at radius 3 is 2.70 bits per heavy atom. The van der Waals surface area contributed by atoms with Crippen LogP contribution < -0.4 is 10.2 Å². The molecule has 1 spiro atoms. The van der Waals surface area contributed by atoms with Crippen molar-refractivity contribution in [2.75, 3.05) is 10.2 Å². The monoisotopic (exact) mass is 458 g/mol. The first-order valence-corrected chi connectivity index (χ1v) is 11.1. The summed E-state index contributed by atoms with van der Waals surface area (Å²) in [5.74, 6) is -1.72. The van der Waals surface area contributed by atoms with Gasteiger partial charge < -0.3 is 14.6 Å². The van der Waals surface area contributed by atoms with E-state index in [0.717, 1.165) is 11.3 Å². The second-order valence-electron chi connectivity index (χ2n) is 8.66. The van der Waals surface area contributed by atoms with Crippen molar-refractivity contribution in [3.05, 3.63) is 88.8 Å². The van der Waals surface area contributed by atoms with Crippen molar-refractivity contribution in [3.8, 4) is 0 Å². The van der Waals surface area contributed by atoms with Gasteiger partial charge in [-0.15, -0.1) is 0 Å². The van der Waals surface area contributed by atoms with Gasteiger partial charge in [-0.05, 0) is 54.4 Å². The standard InChI is InChI=1S/C26H19ClN2O4/c1-14(30)23-22(24(31)20-7-4-12-33-20)26(17-5-2-3-6-18(17)28-25(26)32)21-11-8-15-13-16(27)9-10-19(15)29(21)23/h2-13,21-23H,1H3,(H,28,32)/t21-,22-,23-,26-/m1/s1. The first kappa shape index (κ1) is 20.0. The van der Waals surface area contributed by atoms with E-state index in [1.54, 1.807) is 18.2 Å². The molecule has 1 saturated heterocycles. The molecule has 1 aromatic heterocycles. The molecule has 0 aliphatic carbocycles. The Kier molecular flexibility index (Phi) is 4.20. The van der Waals surface area contributed by atoms with E-state index in [-0.39, 0.29) is 23.2 Å². The van der Waals surface area contributed by atoms with Gasteiger partial charge in [0.2, 0.25) is 11.7 Å². The highest BCUT2D eigenvalue weighted by Gasteiger charge is 2.70. The van der Waals surface area contributed by atoms with E-state index in [1.165, 1.54) is 13.2 Å². The zero-order chi connectivity index (χ0) is 22.9. The van der Waals surface area contributed by atoms with Crippen LogP contribution >= 0.6 is 11.6 Å². The Labute approximate surface area is 194 Å². The van der Waals surface area contributed by atoms with Crippen molar-refractivity contribution < 1.29 is 18.8 Å². The largest absolute Gasteiger partial charge is 0.461 e. The molecular formula is C26H19ClN2O4. The van der Waals surface area contributed by atoms with Gasteiger partial charge in [0.1, 0.15) is 5.41 Å². The van der Waals surface area contributed by atoms with Crippen LogP contribution in [0.15, 0.2) is 71.4 Å². The molecule has 3 aliphatic rings. The van der Waals surface area contributed by atoms with Crippen LogP contribution in [0.25, 0.3) is 6.08 Å². The average Bonchev–Trinajstić information content (AvgIpc) is 3.50. The van der Waals surface area contributed by atoms with Gasteiger partial charge in [0.05, 0.1) is 24.3 Å². The minimum absolute atomic E-state index is 0.128. The summed E-state index contributed by atoms with van der Waals surface area (Å²) >= 11 is 6.23. The SMILES string of the molecule is CC(=O)[C@@H]1[C@H](C(=O)c2ccco2)[C@]2(C(=O)Nc3ccccc32)[C@H]2C=Cc3cc(Cl)ccc3N12. The van der Waals surface area contributed by atoms with Crippen molar-refractivity contribution in [1.29, 1.82) is 0 Å². The number of nitrogens with one attached hydrogen (secondary N) is 1. The van der Waals surface area contributed by atoms with Gasteiger partial charge in [-0.25, -0.2) is 0 Å². The number of halogens is 1. The summed E-state index contributed by atoms with van der Waals surface area (Å²) in [5, 5.41) is 3.54. The third-order valence-corrected chi connectivity index (χ3v) is 7.29. The van der Waals surface area contributed by atoms with Crippen molar-refractivity contribution in [2.24, 2.45) is 5.92 Å². The number of carbonyl (C=O) groups is 3.